The summed E-state index contributed by atoms with van der Waals surface area (Å²) in [6.07, 6.45) is 1.28. The minimum absolute atomic E-state index is 0.0433. The molecule has 0 spiro atoms. The smallest absolute Gasteiger partial charge is 0.337 e. The summed E-state index contributed by atoms with van der Waals surface area (Å²) >= 11 is 0. The standard InChI is InChI=1S/C25H27FN2O5S/c1-17-12-23(28(15-19(3)26)34(30,31)22-6-5-11-27-14-22)24(13-18(17)2)33-16-20-7-9-21(10-8-20)25(29)32-4/h5-14,19H,15-16H2,1-4H3/t19-/m0/s1. The number of aryl methyl sites for hydroxylation is 2. The van der Waals surface area contributed by atoms with E-state index in [4.69, 9.17) is 9.47 Å². The van der Waals surface area contributed by atoms with E-state index in [-0.39, 0.29) is 23.7 Å². The predicted molar refractivity (Wildman–Crippen MR) is 127 cm³/mol. The molecule has 0 unspecified atom stereocenters. The quantitative estimate of drug-likeness (QED) is 0.411. The molecule has 0 saturated carbocycles. The average molecular weight is 487 g/mol. The molecule has 1 atom stereocenters. The molecule has 3 rings (SSSR count). The maximum Gasteiger partial charge on any atom is 0.337 e. The fourth-order valence-corrected chi connectivity index (χ4v) is 4.78. The molecule has 1 aromatic heterocycles. The zero-order valence-corrected chi connectivity index (χ0v) is 20.3. The number of esters is 1. The second kappa shape index (κ2) is 10.6. The van der Waals surface area contributed by atoms with Gasteiger partial charge in [0.25, 0.3) is 10.0 Å². The van der Waals surface area contributed by atoms with E-state index in [0.717, 1.165) is 21.0 Å². The average Bonchev–Trinajstić information content (AvgIpc) is 2.83. The van der Waals surface area contributed by atoms with Crippen molar-refractivity contribution in [2.75, 3.05) is 18.0 Å². The highest BCUT2D eigenvalue weighted by Crippen LogP contribution is 2.36. The van der Waals surface area contributed by atoms with Crippen LogP contribution in [0.15, 0.2) is 65.8 Å². The number of alkyl halides is 1. The number of nitrogens with zero attached hydrogens (tertiary/aromatic N) is 2. The van der Waals surface area contributed by atoms with Gasteiger partial charge in [-0.05, 0) is 73.9 Å². The topological polar surface area (TPSA) is 85.8 Å². The van der Waals surface area contributed by atoms with E-state index in [9.17, 15) is 17.6 Å². The number of sulfonamides is 1. The second-order valence-corrected chi connectivity index (χ2v) is 9.75. The Kier molecular flexibility index (Phi) is 7.88. The Bertz CT molecular complexity index is 1250. The van der Waals surface area contributed by atoms with Crippen LogP contribution in [-0.2, 0) is 21.4 Å². The molecule has 9 heteroatoms. The third-order valence-corrected chi connectivity index (χ3v) is 7.02. The molecule has 180 valence electrons. The Balaban J connectivity index is 1.99. The Labute approximate surface area is 199 Å². The van der Waals surface area contributed by atoms with Crippen molar-refractivity contribution >= 4 is 21.7 Å². The Morgan fingerprint density at radius 2 is 1.79 bits per heavy atom. The van der Waals surface area contributed by atoms with Crippen LogP contribution in [0.4, 0.5) is 10.1 Å². The number of hydrogen-bond acceptors (Lipinski definition) is 6. The first-order valence-electron chi connectivity index (χ1n) is 10.6. The molecule has 0 amide bonds. The number of hydrogen-bond donors (Lipinski definition) is 0. The van der Waals surface area contributed by atoms with E-state index in [2.05, 4.69) is 4.98 Å². The molecular formula is C25H27FN2O5S. The summed E-state index contributed by atoms with van der Waals surface area (Å²) in [5, 5.41) is 0. The molecule has 2 aromatic carbocycles. The van der Waals surface area contributed by atoms with Crippen molar-refractivity contribution in [3.63, 3.8) is 0 Å². The van der Waals surface area contributed by atoms with Gasteiger partial charge in [0, 0.05) is 12.4 Å². The van der Waals surface area contributed by atoms with Gasteiger partial charge in [-0.2, -0.15) is 0 Å². The lowest BCUT2D eigenvalue weighted by molar-refractivity contribution is 0.0600. The minimum atomic E-state index is -4.10. The molecule has 3 aromatic rings. The summed E-state index contributed by atoms with van der Waals surface area (Å²) in [5.41, 5.74) is 3.14. The Morgan fingerprint density at radius 1 is 1.12 bits per heavy atom. The lowest BCUT2D eigenvalue weighted by Gasteiger charge is -2.27. The van der Waals surface area contributed by atoms with Crippen LogP contribution in [0, 0.1) is 13.8 Å². The first-order chi connectivity index (χ1) is 16.1. The summed E-state index contributed by atoms with van der Waals surface area (Å²) in [5.74, 6) is -0.145. The summed E-state index contributed by atoms with van der Waals surface area (Å²) in [6, 6.07) is 13.0. The van der Waals surface area contributed by atoms with E-state index in [0.29, 0.717) is 11.3 Å². The summed E-state index contributed by atoms with van der Waals surface area (Å²) < 4.78 is 52.8. The fraction of sp³-hybridized carbons (Fsp3) is 0.280. The van der Waals surface area contributed by atoms with Crippen molar-refractivity contribution < 1.29 is 27.1 Å². The maximum atomic E-state index is 14.2. The Morgan fingerprint density at radius 3 is 2.38 bits per heavy atom. The van der Waals surface area contributed by atoms with Gasteiger partial charge in [0.05, 0.1) is 24.9 Å². The zero-order chi connectivity index (χ0) is 24.9. The number of methoxy groups -OCH3 is 1. The van der Waals surface area contributed by atoms with Gasteiger partial charge in [-0.15, -0.1) is 0 Å². The van der Waals surface area contributed by atoms with Crippen LogP contribution in [0.1, 0.15) is 34.0 Å². The third-order valence-electron chi connectivity index (χ3n) is 5.25. The summed E-state index contributed by atoms with van der Waals surface area (Å²) in [6.45, 7) is 4.76. The number of anilines is 1. The van der Waals surface area contributed by atoms with Crippen molar-refractivity contribution in [3.8, 4) is 5.75 Å². The molecule has 34 heavy (non-hydrogen) atoms. The van der Waals surface area contributed by atoms with Crippen LogP contribution >= 0.6 is 0 Å². The number of rotatable bonds is 9. The van der Waals surface area contributed by atoms with E-state index < -0.39 is 22.2 Å². The van der Waals surface area contributed by atoms with Crippen LogP contribution in [0.25, 0.3) is 0 Å². The van der Waals surface area contributed by atoms with Gasteiger partial charge in [-0.3, -0.25) is 9.29 Å². The fourth-order valence-electron chi connectivity index (χ4n) is 3.28. The molecule has 1 heterocycles. The van der Waals surface area contributed by atoms with Gasteiger partial charge in [-0.1, -0.05) is 12.1 Å². The highest BCUT2D eigenvalue weighted by molar-refractivity contribution is 7.92. The lowest BCUT2D eigenvalue weighted by atomic mass is 10.1. The number of ether oxygens (including phenoxy) is 2. The molecule has 7 nitrogen and oxygen atoms in total. The van der Waals surface area contributed by atoms with Crippen LogP contribution in [0.2, 0.25) is 0 Å². The lowest BCUT2D eigenvalue weighted by Crippen LogP contribution is -2.36. The molecule has 0 aliphatic carbocycles. The SMILES string of the molecule is COC(=O)c1ccc(COc2cc(C)c(C)cc2N(C[C@H](C)F)S(=O)(=O)c2cccnc2)cc1. The number of benzene rings is 2. The van der Waals surface area contributed by atoms with Crippen molar-refractivity contribution in [1.82, 2.24) is 4.98 Å². The van der Waals surface area contributed by atoms with Crippen molar-refractivity contribution in [1.29, 1.82) is 0 Å². The zero-order valence-electron chi connectivity index (χ0n) is 19.5. The molecule has 0 bridgehead atoms. The van der Waals surface area contributed by atoms with Gasteiger partial charge in [0.2, 0.25) is 0 Å². The highest BCUT2D eigenvalue weighted by Gasteiger charge is 2.29. The Hall–Kier alpha value is -3.46. The van der Waals surface area contributed by atoms with Crippen LogP contribution in [-0.4, -0.2) is 39.2 Å². The normalized spacial score (nSPS) is 12.1. The van der Waals surface area contributed by atoms with Crippen molar-refractivity contribution in [2.24, 2.45) is 0 Å². The van der Waals surface area contributed by atoms with E-state index in [1.165, 1.54) is 38.6 Å². The molecule has 0 aliphatic rings. The molecule has 0 aliphatic heterocycles. The van der Waals surface area contributed by atoms with Crippen molar-refractivity contribution in [3.05, 3.63) is 83.2 Å². The molecule has 0 saturated heterocycles. The number of aromatic nitrogens is 1. The molecule has 0 N–H and O–H groups in total. The maximum absolute atomic E-state index is 14.2. The summed E-state index contributed by atoms with van der Waals surface area (Å²) in [7, 11) is -2.79. The molecule has 0 fully saturated rings. The number of carbonyl (C=O) groups is 1. The van der Waals surface area contributed by atoms with E-state index >= 15 is 0 Å². The van der Waals surface area contributed by atoms with Gasteiger partial charge < -0.3 is 9.47 Å². The first kappa shape index (κ1) is 25.2. The van der Waals surface area contributed by atoms with Gasteiger partial charge in [-0.25, -0.2) is 17.6 Å². The van der Waals surface area contributed by atoms with Crippen LogP contribution in [0.3, 0.4) is 0 Å². The number of halogens is 1. The van der Waals surface area contributed by atoms with Crippen LogP contribution in [0.5, 0.6) is 5.75 Å². The largest absolute Gasteiger partial charge is 0.487 e. The minimum Gasteiger partial charge on any atom is -0.487 e. The third kappa shape index (κ3) is 5.72. The van der Waals surface area contributed by atoms with Gasteiger partial charge in [0.1, 0.15) is 23.4 Å². The predicted octanol–water partition coefficient (Wildman–Crippen LogP) is 4.62. The number of carbonyl (C=O) groups excluding carboxylic acids is 1. The first-order valence-corrected chi connectivity index (χ1v) is 12.1. The van der Waals surface area contributed by atoms with Crippen LogP contribution < -0.4 is 9.04 Å². The highest BCUT2D eigenvalue weighted by atomic mass is 32.2. The van der Waals surface area contributed by atoms with E-state index in [1.54, 1.807) is 36.4 Å². The second-order valence-electron chi connectivity index (χ2n) is 7.89. The summed E-state index contributed by atoms with van der Waals surface area (Å²) in [4.78, 5) is 15.5. The van der Waals surface area contributed by atoms with Gasteiger partial charge >= 0.3 is 5.97 Å². The number of pyridine rings is 1. The van der Waals surface area contributed by atoms with E-state index in [1.807, 2.05) is 13.8 Å². The monoisotopic (exact) mass is 486 g/mol. The van der Waals surface area contributed by atoms with Gasteiger partial charge in [0.15, 0.2) is 0 Å². The van der Waals surface area contributed by atoms with Crippen molar-refractivity contribution in [2.45, 2.75) is 38.4 Å². The molecule has 0 radical (unpaired) electrons. The molecular weight excluding hydrogens is 459 g/mol.